The van der Waals surface area contributed by atoms with Crippen molar-refractivity contribution in [3.63, 3.8) is 0 Å². The van der Waals surface area contributed by atoms with Gasteiger partial charge in [0.15, 0.2) is 0 Å². The SMILES string of the molecule is CN(C)CC1CC(O)CN1CC1(C=O)CCCOC1. The first-order valence-corrected chi connectivity index (χ1v) is 7.15. The Morgan fingerprint density at radius 1 is 1.53 bits per heavy atom. The molecule has 0 aromatic carbocycles. The van der Waals surface area contributed by atoms with Crippen molar-refractivity contribution in [1.29, 1.82) is 0 Å². The first kappa shape index (κ1) is 14.9. The molecular weight excluding hydrogens is 244 g/mol. The minimum Gasteiger partial charge on any atom is -0.392 e. The number of β-amino-alcohol motifs (C(OH)–C–C–N with tert-alkyl or cyclic N) is 1. The van der Waals surface area contributed by atoms with Gasteiger partial charge in [0.1, 0.15) is 6.29 Å². The van der Waals surface area contributed by atoms with Gasteiger partial charge in [-0.1, -0.05) is 0 Å². The van der Waals surface area contributed by atoms with E-state index in [-0.39, 0.29) is 11.5 Å². The quantitative estimate of drug-likeness (QED) is 0.712. The van der Waals surface area contributed by atoms with Crippen molar-refractivity contribution in [3.05, 3.63) is 0 Å². The summed E-state index contributed by atoms with van der Waals surface area (Å²) < 4.78 is 5.50. The second kappa shape index (κ2) is 6.31. The standard InChI is InChI=1S/C14H26N2O3/c1-15(2)7-12-6-13(18)8-16(12)9-14(10-17)4-3-5-19-11-14/h10,12-13,18H,3-9,11H2,1-2H3. The molecule has 1 N–H and O–H groups in total. The molecule has 2 fully saturated rings. The number of aliphatic hydroxyl groups excluding tert-OH is 1. The van der Waals surface area contributed by atoms with Gasteiger partial charge in [-0.3, -0.25) is 4.90 Å². The Labute approximate surface area is 115 Å². The Morgan fingerprint density at radius 3 is 2.89 bits per heavy atom. The molecule has 0 radical (unpaired) electrons. The van der Waals surface area contributed by atoms with E-state index in [1.807, 2.05) is 14.1 Å². The van der Waals surface area contributed by atoms with Crippen molar-refractivity contribution in [2.45, 2.75) is 31.4 Å². The van der Waals surface area contributed by atoms with Crippen LogP contribution in [0.4, 0.5) is 0 Å². The molecule has 3 unspecified atom stereocenters. The highest BCUT2D eigenvalue weighted by Gasteiger charge is 2.40. The van der Waals surface area contributed by atoms with Crippen LogP contribution in [0, 0.1) is 5.41 Å². The number of ether oxygens (including phenoxy) is 1. The Balaban J connectivity index is 2.00. The molecule has 0 saturated carbocycles. The van der Waals surface area contributed by atoms with Crippen molar-refractivity contribution in [2.75, 3.05) is 46.9 Å². The van der Waals surface area contributed by atoms with Crippen LogP contribution in [-0.2, 0) is 9.53 Å². The van der Waals surface area contributed by atoms with Crippen LogP contribution < -0.4 is 0 Å². The number of rotatable bonds is 5. The molecule has 2 aliphatic rings. The number of hydrogen-bond donors (Lipinski definition) is 1. The third-order valence-electron chi connectivity index (χ3n) is 4.20. The van der Waals surface area contributed by atoms with Gasteiger partial charge in [-0.2, -0.15) is 0 Å². The van der Waals surface area contributed by atoms with Crippen LogP contribution in [0.3, 0.4) is 0 Å². The monoisotopic (exact) mass is 270 g/mol. The molecule has 5 heteroatoms. The molecule has 3 atom stereocenters. The molecule has 0 aliphatic carbocycles. The second-order valence-electron chi connectivity index (χ2n) is 6.37. The summed E-state index contributed by atoms with van der Waals surface area (Å²) in [5.41, 5.74) is -0.368. The van der Waals surface area contributed by atoms with E-state index in [2.05, 4.69) is 9.80 Å². The first-order chi connectivity index (χ1) is 9.04. The lowest BCUT2D eigenvalue weighted by Gasteiger charge is -2.37. The average molecular weight is 270 g/mol. The fourth-order valence-electron chi connectivity index (χ4n) is 3.30. The number of carbonyl (C=O) groups excluding carboxylic acids is 1. The van der Waals surface area contributed by atoms with Crippen molar-refractivity contribution in [2.24, 2.45) is 5.41 Å². The van der Waals surface area contributed by atoms with E-state index in [0.29, 0.717) is 25.7 Å². The Bertz CT molecular complexity index is 303. The van der Waals surface area contributed by atoms with Crippen molar-refractivity contribution in [1.82, 2.24) is 9.80 Å². The topological polar surface area (TPSA) is 53.0 Å². The summed E-state index contributed by atoms with van der Waals surface area (Å²) in [5, 5.41) is 9.89. The van der Waals surface area contributed by atoms with Gasteiger partial charge in [-0.15, -0.1) is 0 Å². The Hall–Kier alpha value is -0.490. The summed E-state index contributed by atoms with van der Waals surface area (Å²) in [6.45, 7) is 3.60. The molecule has 2 rings (SSSR count). The third-order valence-corrected chi connectivity index (χ3v) is 4.20. The van der Waals surface area contributed by atoms with Gasteiger partial charge < -0.3 is 19.5 Å². The van der Waals surface area contributed by atoms with Crippen LogP contribution in [0.15, 0.2) is 0 Å². The van der Waals surface area contributed by atoms with E-state index < -0.39 is 0 Å². The van der Waals surface area contributed by atoms with Crippen molar-refractivity contribution < 1.29 is 14.6 Å². The molecule has 2 heterocycles. The number of carbonyl (C=O) groups is 1. The molecule has 0 amide bonds. The normalized spacial score (nSPS) is 36.8. The maximum absolute atomic E-state index is 11.5. The summed E-state index contributed by atoms with van der Waals surface area (Å²) in [4.78, 5) is 15.9. The molecule has 19 heavy (non-hydrogen) atoms. The molecular formula is C14H26N2O3. The molecule has 110 valence electrons. The number of nitrogens with zero attached hydrogens (tertiary/aromatic N) is 2. The maximum atomic E-state index is 11.5. The highest BCUT2D eigenvalue weighted by molar-refractivity contribution is 5.60. The van der Waals surface area contributed by atoms with Crippen molar-refractivity contribution >= 4 is 6.29 Å². The van der Waals surface area contributed by atoms with Crippen LogP contribution >= 0.6 is 0 Å². The highest BCUT2D eigenvalue weighted by atomic mass is 16.5. The van der Waals surface area contributed by atoms with Crippen LogP contribution in [0.25, 0.3) is 0 Å². The molecule has 0 bridgehead atoms. The smallest absolute Gasteiger partial charge is 0.129 e. The van der Waals surface area contributed by atoms with Gasteiger partial charge >= 0.3 is 0 Å². The summed E-state index contributed by atoms with van der Waals surface area (Å²) in [6, 6.07) is 0.337. The zero-order valence-corrected chi connectivity index (χ0v) is 12.0. The Kier molecular flexibility index (Phi) is 4.95. The minimum absolute atomic E-state index is 0.266. The number of likely N-dealkylation sites (tertiary alicyclic amines) is 1. The fourth-order valence-corrected chi connectivity index (χ4v) is 3.30. The largest absolute Gasteiger partial charge is 0.392 e. The molecule has 5 nitrogen and oxygen atoms in total. The second-order valence-corrected chi connectivity index (χ2v) is 6.37. The van der Waals surface area contributed by atoms with Gasteiger partial charge in [0.05, 0.1) is 18.1 Å². The average Bonchev–Trinajstić information content (AvgIpc) is 2.69. The number of aliphatic hydroxyl groups is 1. The third kappa shape index (κ3) is 3.75. The minimum atomic E-state index is -0.368. The lowest BCUT2D eigenvalue weighted by Crippen LogP contribution is -2.48. The zero-order valence-electron chi connectivity index (χ0n) is 12.0. The number of likely N-dealkylation sites (N-methyl/N-ethyl adjacent to an activating group) is 1. The summed E-state index contributed by atoms with van der Waals surface area (Å²) >= 11 is 0. The molecule has 0 aromatic rings. The predicted molar refractivity (Wildman–Crippen MR) is 73.1 cm³/mol. The van der Waals surface area contributed by atoms with Crippen molar-refractivity contribution in [3.8, 4) is 0 Å². The van der Waals surface area contributed by atoms with E-state index in [0.717, 1.165) is 38.7 Å². The van der Waals surface area contributed by atoms with Crippen LogP contribution in [0.5, 0.6) is 0 Å². The lowest BCUT2D eigenvalue weighted by molar-refractivity contribution is -0.126. The summed E-state index contributed by atoms with van der Waals surface area (Å²) in [5.74, 6) is 0. The maximum Gasteiger partial charge on any atom is 0.129 e. The molecule has 0 spiro atoms. The summed E-state index contributed by atoms with van der Waals surface area (Å²) in [7, 11) is 4.09. The summed E-state index contributed by atoms with van der Waals surface area (Å²) in [6.07, 6.45) is 3.46. The predicted octanol–water partition coefficient (Wildman–Crippen LogP) is -0.0211. The van der Waals surface area contributed by atoms with E-state index >= 15 is 0 Å². The zero-order chi connectivity index (χ0) is 13.9. The lowest BCUT2D eigenvalue weighted by atomic mass is 9.83. The first-order valence-electron chi connectivity index (χ1n) is 7.15. The van der Waals surface area contributed by atoms with Gasteiger partial charge in [-0.05, 0) is 33.4 Å². The van der Waals surface area contributed by atoms with Gasteiger partial charge in [0.25, 0.3) is 0 Å². The van der Waals surface area contributed by atoms with Crippen LogP contribution in [0.2, 0.25) is 0 Å². The highest BCUT2D eigenvalue weighted by Crippen LogP contribution is 2.30. The van der Waals surface area contributed by atoms with E-state index in [4.69, 9.17) is 4.74 Å². The Morgan fingerprint density at radius 2 is 2.32 bits per heavy atom. The van der Waals surface area contributed by atoms with E-state index in [1.54, 1.807) is 0 Å². The molecule has 0 aromatic heterocycles. The van der Waals surface area contributed by atoms with Crippen LogP contribution in [-0.4, -0.2) is 80.3 Å². The molecule has 2 aliphatic heterocycles. The number of aldehydes is 1. The van der Waals surface area contributed by atoms with Gasteiger partial charge in [-0.25, -0.2) is 0 Å². The van der Waals surface area contributed by atoms with Crippen LogP contribution in [0.1, 0.15) is 19.3 Å². The number of hydrogen-bond acceptors (Lipinski definition) is 5. The van der Waals surface area contributed by atoms with Gasteiger partial charge in [0.2, 0.25) is 0 Å². The van der Waals surface area contributed by atoms with E-state index in [1.165, 1.54) is 0 Å². The molecule has 2 saturated heterocycles. The van der Waals surface area contributed by atoms with Gasteiger partial charge in [0, 0.05) is 32.3 Å². The fraction of sp³-hybridized carbons (Fsp3) is 0.929. The van der Waals surface area contributed by atoms with E-state index in [9.17, 15) is 9.90 Å².